The number of rotatable bonds is 9. The lowest BCUT2D eigenvalue weighted by atomic mass is 10.2. The van der Waals surface area contributed by atoms with Crippen LogP contribution < -0.4 is 14.9 Å². The van der Waals surface area contributed by atoms with Crippen molar-refractivity contribution in [3.05, 3.63) is 94.5 Å². The number of benzene rings is 3. The zero-order chi connectivity index (χ0) is 22.8. The topological polar surface area (TPSA) is 77.0 Å². The number of nitrogens with zero attached hydrogens (tertiary/aromatic N) is 1. The van der Waals surface area contributed by atoms with Gasteiger partial charge in [-0.3, -0.25) is 4.79 Å². The third kappa shape index (κ3) is 7.25. The molecule has 164 valence electrons. The Kier molecular flexibility index (Phi) is 8.40. The van der Waals surface area contributed by atoms with Crippen molar-refractivity contribution in [3.63, 3.8) is 0 Å². The summed E-state index contributed by atoms with van der Waals surface area (Å²) in [5.41, 5.74) is 4.68. The number of esters is 1. The summed E-state index contributed by atoms with van der Waals surface area (Å²) in [4.78, 5) is 24.0. The second-order valence-corrected chi connectivity index (χ2v) is 7.42. The van der Waals surface area contributed by atoms with Crippen LogP contribution in [0.4, 0.5) is 0 Å². The van der Waals surface area contributed by atoms with E-state index in [0.29, 0.717) is 35.8 Å². The van der Waals surface area contributed by atoms with E-state index in [1.165, 1.54) is 6.21 Å². The molecule has 0 aliphatic rings. The highest BCUT2D eigenvalue weighted by molar-refractivity contribution is 6.30. The molecule has 3 aromatic rings. The van der Waals surface area contributed by atoms with Gasteiger partial charge in [-0.2, -0.15) is 5.10 Å². The van der Waals surface area contributed by atoms with Crippen molar-refractivity contribution in [2.24, 2.45) is 5.10 Å². The van der Waals surface area contributed by atoms with Crippen LogP contribution in [0.25, 0.3) is 0 Å². The van der Waals surface area contributed by atoms with Gasteiger partial charge in [0.25, 0.3) is 0 Å². The lowest BCUT2D eigenvalue weighted by Gasteiger charge is -2.08. The van der Waals surface area contributed by atoms with Crippen LogP contribution in [0.1, 0.15) is 34.3 Å². The van der Waals surface area contributed by atoms with Crippen LogP contribution in [-0.2, 0) is 4.79 Å². The second-order valence-electron chi connectivity index (χ2n) is 6.98. The molecule has 0 saturated carbocycles. The summed E-state index contributed by atoms with van der Waals surface area (Å²) < 4.78 is 11.0. The van der Waals surface area contributed by atoms with Crippen molar-refractivity contribution in [2.75, 3.05) is 6.61 Å². The highest BCUT2D eigenvalue weighted by Crippen LogP contribution is 2.22. The van der Waals surface area contributed by atoms with Crippen LogP contribution in [0.15, 0.2) is 77.9 Å². The average molecular weight is 451 g/mol. The highest BCUT2D eigenvalue weighted by atomic mass is 35.5. The molecule has 0 bridgehead atoms. The third-order valence-electron chi connectivity index (χ3n) is 4.45. The summed E-state index contributed by atoms with van der Waals surface area (Å²) in [5, 5.41) is 4.61. The maximum Gasteiger partial charge on any atom is 0.343 e. The largest absolute Gasteiger partial charge is 0.493 e. The molecular formula is C25H23ClN2O4. The summed E-state index contributed by atoms with van der Waals surface area (Å²) in [5.74, 6) is 0.558. The molecule has 32 heavy (non-hydrogen) atoms. The van der Waals surface area contributed by atoms with Gasteiger partial charge in [0, 0.05) is 11.4 Å². The zero-order valence-electron chi connectivity index (χ0n) is 17.6. The van der Waals surface area contributed by atoms with Gasteiger partial charge in [-0.1, -0.05) is 29.8 Å². The van der Waals surface area contributed by atoms with Crippen molar-refractivity contribution in [3.8, 4) is 11.5 Å². The minimum Gasteiger partial charge on any atom is -0.493 e. The first kappa shape index (κ1) is 23.0. The number of halogens is 1. The monoisotopic (exact) mass is 450 g/mol. The Balaban J connectivity index is 1.37. The van der Waals surface area contributed by atoms with Crippen molar-refractivity contribution in [2.45, 2.75) is 19.8 Å². The summed E-state index contributed by atoms with van der Waals surface area (Å²) >= 11 is 5.92. The number of amides is 1. The first-order valence-corrected chi connectivity index (χ1v) is 10.5. The van der Waals surface area contributed by atoms with E-state index in [9.17, 15) is 9.59 Å². The molecule has 3 rings (SSSR count). The number of aryl methyl sites for hydroxylation is 1. The molecule has 0 spiro atoms. The van der Waals surface area contributed by atoms with Gasteiger partial charge in [-0.05, 0) is 79.1 Å². The van der Waals surface area contributed by atoms with E-state index >= 15 is 0 Å². The molecule has 0 aliphatic carbocycles. The van der Waals surface area contributed by atoms with Crippen molar-refractivity contribution < 1.29 is 19.1 Å². The SMILES string of the molecule is Cc1cc(Cl)ccc1OCCCC(=O)N/N=C\c1ccc(OC(=O)c2ccccc2)cc1. The van der Waals surface area contributed by atoms with E-state index in [0.717, 1.165) is 16.9 Å². The van der Waals surface area contributed by atoms with Gasteiger partial charge in [-0.15, -0.1) is 0 Å². The predicted octanol–water partition coefficient (Wildman–Crippen LogP) is 5.18. The quantitative estimate of drug-likeness (QED) is 0.160. The van der Waals surface area contributed by atoms with Crippen LogP contribution >= 0.6 is 11.6 Å². The van der Waals surface area contributed by atoms with Crippen LogP contribution in [0.5, 0.6) is 11.5 Å². The summed E-state index contributed by atoms with van der Waals surface area (Å²) in [6.45, 7) is 2.34. The number of hydrazone groups is 1. The molecule has 1 amide bonds. The maximum atomic E-state index is 12.1. The summed E-state index contributed by atoms with van der Waals surface area (Å²) in [7, 11) is 0. The van der Waals surface area contributed by atoms with Gasteiger partial charge in [-0.25, -0.2) is 10.2 Å². The number of carbonyl (C=O) groups is 2. The highest BCUT2D eigenvalue weighted by Gasteiger charge is 2.07. The van der Waals surface area contributed by atoms with Crippen molar-refractivity contribution >= 4 is 29.7 Å². The Labute approximate surface area is 191 Å². The minimum atomic E-state index is -0.422. The summed E-state index contributed by atoms with van der Waals surface area (Å²) in [6.07, 6.45) is 2.37. The normalized spacial score (nSPS) is 10.7. The molecule has 0 atom stereocenters. The fraction of sp³-hybridized carbons (Fsp3) is 0.160. The average Bonchev–Trinajstić information content (AvgIpc) is 2.79. The number of ether oxygens (including phenoxy) is 2. The Morgan fingerprint density at radius 3 is 2.50 bits per heavy atom. The number of hydrogen-bond acceptors (Lipinski definition) is 5. The minimum absolute atomic E-state index is 0.203. The molecule has 1 N–H and O–H groups in total. The van der Waals surface area contributed by atoms with Crippen molar-refractivity contribution in [1.29, 1.82) is 0 Å². The smallest absolute Gasteiger partial charge is 0.343 e. The van der Waals surface area contributed by atoms with Gasteiger partial charge in [0.05, 0.1) is 18.4 Å². The number of nitrogens with one attached hydrogen (secondary N) is 1. The Morgan fingerprint density at radius 2 is 1.78 bits per heavy atom. The molecular weight excluding hydrogens is 428 g/mol. The van der Waals surface area contributed by atoms with E-state index in [4.69, 9.17) is 21.1 Å². The second kappa shape index (κ2) is 11.7. The van der Waals surface area contributed by atoms with E-state index in [-0.39, 0.29) is 5.91 Å². The lowest BCUT2D eigenvalue weighted by Crippen LogP contribution is -2.18. The summed E-state index contributed by atoms with van der Waals surface area (Å²) in [6, 6.07) is 21.0. The molecule has 0 saturated heterocycles. The molecule has 0 radical (unpaired) electrons. The third-order valence-corrected chi connectivity index (χ3v) is 4.68. The maximum absolute atomic E-state index is 12.1. The van der Waals surface area contributed by atoms with Gasteiger partial charge in [0.15, 0.2) is 0 Å². The molecule has 0 aromatic heterocycles. The molecule has 0 unspecified atom stereocenters. The van der Waals surface area contributed by atoms with Crippen LogP contribution in [0, 0.1) is 6.92 Å². The van der Waals surface area contributed by atoms with E-state index < -0.39 is 5.97 Å². The number of carbonyl (C=O) groups excluding carboxylic acids is 2. The number of hydrogen-bond donors (Lipinski definition) is 1. The fourth-order valence-corrected chi connectivity index (χ4v) is 3.01. The van der Waals surface area contributed by atoms with Crippen LogP contribution in [0.2, 0.25) is 5.02 Å². The molecule has 7 heteroatoms. The van der Waals surface area contributed by atoms with Gasteiger partial charge < -0.3 is 9.47 Å². The Morgan fingerprint density at radius 1 is 1.03 bits per heavy atom. The van der Waals surface area contributed by atoms with Crippen LogP contribution in [0.3, 0.4) is 0 Å². The predicted molar refractivity (Wildman–Crippen MR) is 124 cm³/mol. The van der Waals surface area contributed by atoms with Gasteiger partial charge in [0.2, 0.25) is 5.91 Å². The Bertz CT molecular complexity index is 1080. The zero-order valence-corrected chi connectivity index (χ0v) is 18.3. The van der Waals surface area contributed by atoms with Crippen LogP contribution in [-0.4, -0.2) is 24.7 Å². The molecule has 0 aliphatic heterocycles. The first-order valence-electron chi connectivity index (χ1n) is 10.1. The molecule has 6 nitrogen and oxygen atoms in total. The van der Waals surface area contributed by atoms with E-state index in [2.05, 4.69) is 10.5 Å². The lowest BCUT2D eigenvalue weighted by molar-refractivity contribution is -0.121. The standard InChI is InChI=1S/C25H23ClN2O4/c1-18-16-21(26)11-14-23(18)31-15-5-8-24(29)28-27-17-19-9-12-22(13-10-19)32-25(30)20-6-3-2-4-7-20/h2-4,6-7,9-14,16-17H,5,8,15H2,1H3,(H,28,29)/b27-17-. The Hall–Kier alpha value is -3.64. The molecule has 0 heterocycles. The first-order chi connectivity index (χ1) is 15.5. The van der Waals surface area contributed by atoms with E-state index in [1.54, 1.807) is 54.6 Å². The van der Waals surface area contributed by atoms with Gasteiger partial charge >= 0.3 is 5.97 Å². The fourth-order valence-electron chi connectivity index (χ4n) is 2.79. The van der Waals surface area contributed by atoms with E-state index in [1.807, 2.05) is 25.1 Å². The van der Waals surface area contributed by atoms with Gasteiger partial charge in [0.1, 0.15) is 11.5 Å². The molecule has 3 aromatic carbocycles. The van der Waals surface area contributed by atoms with Crippen molar-refractivity contribution in [1.82, 2.24) is 5.43 Å². The molecule has 0 fully saturated rings.